The number of ether oxygens (including phenoxy) is 1. The van der Waals surface area contributed by atoms with Gasteiger partial charge >= 0.3 is 0 Å². The third kappa shape index (κ3) is 4.39. The van der Waals surface area contributed by atoms with E-state index in [-0.39, 0.29) is 35.0 Å². The molecule has 1 fully saturated rings. The van der Waals surface area contributed by atoms with Gasteiger partial charge in [-0.1, -0.05) is 0 Å². The van der Waals surface area contributed by atoms with E-state index in [0.29, 0.717) is 31.7 Å². The summed E-state index contributed by atoms with van der Waals surface area (Å²) < 4.78 is 6.77. The normalized spacial score (nSPS) is 16.5. The highest BCUT2D eigenvalue weighted by atomic mass is 16.5. The summed E-state index contributed by atoms with van der Waals surface area (Å²) in [6, 6.07) is 3.52. The van der Waals surface area contributed by atoms with Crippen molar-refractivity contribution in [1.82, 2.24) is 19.8 Å². The summed E-state index contributed by atoms with van der Waals surface area (Å²) >= 11 is 0. The molecule has 1 atom stereocenters. The van der Waals surface area contributed by atoms with Gasteiger partial charge in [-0.15, -0.1) is 0 Å². The molecule has 3 heterocycles. The van der Waals surface area contributed by atoms with Crippen LogP contribution in [0.25, 0.3) is 0 Å². The van der Waals surface area contributed by atoms with Gasteiger partial charge in [0, 0.05) is 50.4 Å². The fraction of sp³-hybridized carbons (Fsp3) is 0.478. The molecule has 0 aromatic carbocycles. The van der Waals surface area contributed by atoms with Crippen LogP contribution in [0.4, 0.5) is 0 Å². The number of fused-ring (bicyclic) bond motifs is 1. The highest BCUT2D eigenvalue weighted by molar-refractivity contribution is 5.97. The summed E-state index contributed by atoms with van der Waals surface area (Å²) in [4.78, 5) is 45.1. The predicted octanol–water partition coefficient (Wildman–Crippen LogP) is 1.85. The van der Waals surface area contributed by atoms with Gasteiger partial charge in [0.15, 0.2) is 0 Å². The molecular formula is C23H28N4O4. The van der Waals surface area contributed by atoms with Crippen molar-refractivity contribution >= 4 is 11.8 Å². The van der Waals surface area contributed by atoms with Crippen molar-refractivity contribution in [3.8, 4) is 0 Å². The van der Waals surface area contributed by atoms with Gasteiger partial charge in [0.25, 0.3) is 17.4 Å². The first-order chi connectivity index (χ1) is 14.9. The van der Waals surface area contributed by atoms with Crippen molar-refractivity contribution in [2.24, 2.45) is 0 Å². The maximum absolute atomic E-state index is 13.2. The largest absolute Gasteiger partial charge is 0.383 e. The van der Waals surface area contributed by atoms with Crippen LogP contribution < -0.4 is 10.9 Å². The monoisotopic (exact) mass is 424 g/mol. The Kier molecular flexibility index (Phi) is 5.91. The summed E-state index contributed by atoms with van der Waals surface area (Å²) in [5.41, 5.74) is 2.96. The van der Waals surface area contributed by atoms with Gasteiger partial charge in [-0.2, -0.15) is 0 Å². The Hall–Kier alpha value is -3.00. The Morgan fingerprint density at radius 3 is 2.74 bits per heavy atom. The number of rotatable bonds is 6. The van der Waals surface area contributed by atoms with Crippen LogP contribution in [0.2, 0.25) is 0 Å². The Balaban J connectivity index is 1.66. The molecule has 4 rings (SSSR count). The molecule has 1 unspecified atom stereocenters. The average molecular weight is 425 g/mol. The molecule has 1 saturated carbocycles. The number of aryl methyl sites for hydroxylation is 1. The van der Waals surface area contributed by atoms with Crippen LogP contribution in [0, 0.1) is 6.92 Å². The van der Waals surface area contributed by atoms with Crippen molar-refractivity contribution in [1.29, 1.82) is 0 Å². The molecule has 2 aromatic rings. The molecule has 31 heavy (non-hydrogen) atoms. The predicted molar refractivity (Wildman–Crippen MR) is 115 cm³/mol. The smallest absolute Gasteiger partial charge is 0.263 e. The second-order valence-corrected chi connectivity index (χ2v) is 8.45. The standard InChI is InChI=1S/C23H28N4O4/c1-14-4-5-16(10-24-14)22(29)26-9-8-19-17(11-26)12-27(18-6-7-18)23(30)20(19)21(28)25-15(2)13-31-3/h4-5,10,12,15,18H,6-9,11,13H2,1-3H3,(H,25,28). The van der Waals surface area contributed by atoms with Crippen LogP contribution in [0.1, 0.15) is 63.3 Å². The number of pyridine rings is 2. The fourth-order valence-electron chi connectivity index (χ4n) is 4.07. The molecular weight excluding hydrogens is 396 g/mol. The lowest BCUT2D eigenvalue weighted by molar-refractivity contribution is 0.0733. The number of hydrogen-bond donors (Lipinski definition) is 1. The second-order valence-electron chi connectivity index (χ2n) is 8.45. The Morgan fingerprint density at radius 1 is 1.32 bits per heavy atom. The zero-order valence-corrected chi connectivity index (χ0v) is 18.2. The zero-order chi connectivity index (χ0) is 22.1. The Labute approximate surface area is 181 Å². The molecule has 0 spiro atoms. The van der Waals surface area contributed by atoms with Gasteiger partial charge in [-0.05, 0) is 56.4 Å². The third-order valence-electron chi connectivity index (χ3n) is 5.83. The van der Waals surface area contributed by atoms with E-state index in [1.54, 1.807) is 28.8 Å². The third-order valence-corrected chi connectivity index (χ3v) is 5.83. The number of carbonyl (C=O) groups is 2. The molecule has 0 saturated heterocycles. The molecule has 8 heteroatoms. The van der Waals surface area contributed by atoms with Crippen molar-refractivity contribution in [2.45, 2.75) is 51.7 Å². The van der Waals surface area contributed by atoms with Crippen LogP contribution in [0.3, 0.4) is 0 Å². The van der Waals surface area contributed by atoms with Crippen LogP contribution >= 0.6 is 0 Å². The molecule has 0 radical (unpaired) electrons. The molecule has 8 nitrogen and oxygen atoms in total. The van der Waals surface area contributed by atoms with E-state index in [1.807, 2.05) is 26.1 Å². The minimum absolute atomic E-state index is 0.0953. The van der Waals surface area contributed by atoms with Crippen molar-refractivity contribution in [2.75, 3.05) is 20.3 Å². The molecule has 1 aliphatic heterocycles. The number of hydrogen-bond acceptors (Lipinski definition) is 5. The lowest BCUT2D eigenvalue weighted by atomic mass is 9.95. The van der Waals surface area contributed by atoms with E-state index in [4.69, 9.17) is 4.74 Å². The van der Waals surface area contributed by atoms with Gasteiger partial charge < -0.3 is 19.5 Å². The van der Waals surface area contributed by atoms with Gasteiger partial charge in [0.1, 0.15) is 5.56 Å². The van der Waals surface area contributed by atoms with E-state index in [2.05, 4.69) is 10.3 Å². The fourth-order valence-corrected chi connectivity index (χ4v) is 4.07. The minimum Gasteiger partial charge on any atom is -0.383 e. The molecule has 1 aliphatic carbocycles. The first kappa shape index (κ1) is 21.2. The van der Waals surface area contributed by atoms with E-state index in [0.717, 1.165) is 29.7 Å². The van der Waals surface area contributed by atoms with Crippen molar-refractivity contribution in [3.63, 3.8) is 0 Å². The van der Waals surface area contributed by atoms with E-state index < -0.39 is 0 Å². The second kappa shape index (κ2) is 8.63. The van der Waals surface area contributed by atoms with E-state index in [9.17, 15) is 14.4 Å². The highest BCUT2D eigenvalue weighted by Gasteiger charge is 2.32. The first-order valence-corrected chi connectivity index (χ1v) is 10.7. The lowest BCUT2D eigenvalue weighted by Gasteiger charge is -2.30. The summed E-state index contributed by atoms with van der Waals surface area (Å²) in [6.45, 7) is 4.89. The van der Waals surface area contributed by atoms with Crippen molar-refractivity contribution < 1.29 is 14.3 Å². The number of aromatic nitrogens is 2. The highest BCUT2D eigenvalue weighted by Crippen LogP contribution is 2.35. The summed E-state index contributed by atoms with van der Waals surface area (Å²) in [7, 11) is 1.57. The zero-order valence-electron chi connectivity index (χ0n) is 18.2. The van der Waals surface area contributed by atoms with E-state index >= 15 is 0 Å². The molecule has 2 aromatic heterocycles. The van der Waals surface area contributed by atoms with Crippen LogP contribution in [0.15, 0.2) is 29.3 Å². The lowest BCUT2D eigenvalue weighted by Crippen LogP contribution is -2.43. The van der Waals surface area contributed by atoms with Gasteiger partial charge in [0.2, 0.25) is 0 Å². The maximum atomic E-state index is 13.2. The summed E-state index contributed by atoms with van der Waals surface area (Å²) in [5, 5.41) is 2.87. The van der Waals surface area contributed by atoms with Crippen molar-refractivity contribution in [3.05, 3.63) is 62.8 Å². The first-order valence-electron chi connectivity index (χ1n) is 10.7. The van der Waals surface area contributed by atoms with Crippen LogP contribution in [-0.2, 0) is 17.7 Å². The Morgan fingerprint density at radius 2 is 2.10 bits per heavy atom. The maximum Gasteiger partial charge on any atom is 0.263 e. The summed E-state index contributed by atoms with van der Waals surface area (Å²) in [5.74, 6) is -0.467. The van der Waals surface area contributed by atoms with Gasteiger partial charge in [0.05, 0.1) is 12.2 Å². The quantitative estimate of drug-likeness (QED) is 0.764. The number of nitrogens with one attached hydrogen (secondary N) is 1. The molecule has 0 bridgehead atoms. The topological polar surface area (TPSA) is 93.5 Å². The molecule has 2 aliphatic rings. The van der Waals surface area contributed by atoms with Crippen LogP contribution in [-0.4, -0.2) is 52.6 Å². The molecule has 1 N–H and O–H groups in total. The number of nitrogens with zero attached hydrogens (tertiary/aromatic N) is 3. The SMILES string of the molecule is COCC(C)NC(=O)c1c2c(cn(C3CC3)c1=O)CN(C(=O)c1ccc(C)nc1)CC2. The van der Waals surface area contributed by atoms with E-state index in [1.165, 1.54) is 0 Å². The number of amides is 2. The Bertz CT molecular complexity index is 1060. The molecule has 2 amide bonds. The summed E-state index contributed by atoms with van der Waals surface area (Å²) in [6.07, 6.45) is 5.75. The van der Waals surface area contributed by atoms with Gasteiger partial charge in [-0.25, -0.2) is 0 Å². The van der Waals surface area contributed by atoms with Crippen LogP contribution in [0.5, 0.6) is 0 Å². The number of methoxy groups -OCH3 is 1. The number of carbonyl (C=O) groups excluding carboxylic acids is 2. The minimum atomic E-state index is -0.372. The molecule has 164 valence electrons. The van der Waals surface area contributed by atoms with Gasteiger partial charge in [-0.3, -0.25) is 19.4 Å². The average Bonchev–Trinajstić information content (AvgIpc) is 3.58.